The predicted molar refractivity (Wildman–Crippen MR) is 78.1 cm³/mol. The van der Waals surface area contributed by atoms with Gasteiger partial charge < -0.3 is 11.1 Å². The molecule has 0 saturated heterocycles. The summed E-state index contributed by atoms with van der Waals surface area (Å²) in [6, 6.07) is 0. The standard InChI is InChI=1S/C10H20N2O2.2C2H6/c1-10(2,3)6-7(5-8(11)13)9(14)12-4;2*1-2/h7H,5-6H2,1-4H3,(H2,11,13)(H,12,14);2*1-2H3. The van der Waals surface area contributed by atoms with E-state index < -0.39 is 5.91 Å². The molecule has 1 atom stereocenters. The molecule has 0 aromatic carbocycles. The van der Waals surface area contributed by atoms with Gasteiger partial charge in [-0.25, -0.2) is 0 Å². The van der Waals surface area contributed by atoms with Crippen LogP contribution in [0.1, 0.15) is 61.3 Å². The lowest BCUT2D eigenvalue weighted by Gasteiger charge is -2.23. The molecule has 4 nitrogen and oxygen atoms in total. The lowest BCUT2D eigenvalue weighted by molar-refractivity contribution is -0.129. The van der Waals surface area contributed by atoms with Crippen molar-refractivity contribution in [1.29, 1.82) is 0 Å². The Balaban J connectivity index is -0.000000506. The molecule has 4 heteroatoms. The van der Waals surface area contributed by atoms with Crippen molar-refractivity contribution in [2.75, 3.05) is 7.05 Å². The van der Waals surface area contributed by atoms with Gasteiger partial charge in [-0.05, 0) is 11.8 Å². The topological polar surface area (TPSA) is 72.2 Å². The molecule has 1 unspecified atom stereocenters. The third-order valence-corrected chi connectivity index (χ3v) is 1.92. The van der Waals surface area contributed by atoms with E-state index in [0.29, 0.717) is 6.42 Å². The second-order valence-corrected chi connectivity index (χ2v) is 4.75. The van der Waals surface area contributed by atoms with Crippen LogP contribution in [0.25, 0.3) is 0 Å². The van der Waals surface area contributed by atoms with Crippen LogP contribution < -0.4 is 11.1 Å². The highest BCUT2D eigenvalue weighted by molar-refractivity contribution is 5.84. The first kappa shape index (κ1) is 22.1. The number of hydrogen-bond donors (Lipinski definition) is 2. The quantitative estimate of drug-likeness (QED) is 0.815. The van der Waals surface area contributed by atoms with Crippen molar-refractivity contribution in [3.63, 3.8) is 0 Å². The molecule has 0 spiro atoms. The molecule has 18 heavy (non-hydrogen) atoms. The first-order valence-corrected chi connectivity index (χ1v) is 6.76. The Hall–Kier alpha value is -1.06. The summed E-state index contributed by atoms with van der Waals surface area (Å²) in [4.78, 5) is 22.2. The van der Waals surface area contributed by atoms with Gasteiger partial charge in [0.05, 0.1) is 0 Å². The lowest BCUT2D eigenvalue weighted by atomic mass is 9.82. The zero-order valence-corrected chi connectivity index (χ0v) is 13.4. The Morgan fingerprint density at radius 1 is 1.11 bits per heavy atom. The van der Waals surface area contributed by atoms with E-state index in [9.17, 15) is 9.59 Å². The van der Waals surface area contributed by atoms with E-state index in [2.05, 4.69) is 5.32 Å². The molecule has 0 radical (unpaired) electrons. The summed E-state index contributed by atoms with van der Waals surface area (Å²) >= 11 is 0. The lowest BCUT2D eigenvalue weighted by Crippen LogP contribution is -2.33. The van der Waals surface area contributed by atoms with Crippen molar-refractivity contribution < 1.29 is 9.59 Å². The van der Waals surface area contributed by atoms with E-state index >= 15 is 0 Å². The molecule has 0 fully saturated rings. The normalized spacial score (nSPS) is 11.1. The number of nitrogens with two attached hydrogens (primary N) is 1. The average molecular weight is 260 g/mol. The zero-order valence-electron chi connectivity index (χ0n) is 13.4. The maximum atomic E-state index is 11.4. The minimum Gasteiger partial charge on any atom is -0.370 e. The maximum Gasteiger partial charge on any atom is 0.223 e. The molecule has 0 aliphatic heterocycles. The summed E-state index contributed by atoms with van der Waals surface area (Å²) in [6.45, 7) is 14.1. The van der Waals surface area contributed by atoms with E-state index in [1.54, 1.807) is 7.05 Å². The molecule has 2 amide bonds. The highest BCUT2D eigenvalue weighted by Gasteiger charge is 2.25. The van der Waals surface area contributed by atoms with Crippen LogP contribution in [-0.4, -0.2) is 18.9 Å². The van der Waals surface area contributed by atoms with Crippen molar-refractivity contribution in [2.45, 2.75) is 61.3 Å². The highest BCUT2D eigenvalue weighted by atomic mass is 16.2. The molecule has 0 rings (SSSR count). The molecule has 0 bridgehead atoms. The Morgan fingerprint density at radius 2 is 1.50 bits per heavy atom. The van der Waals surface area contributed by atoms with Gasteiger partial charge in [-0.1, -0.05) is 48.5 Å². The van der Waals surface area contributed by atoms with Crippen LogP contribution in [0.5, 0.6) is 0 Å². The monoisotopic (exact) mass is 260 g/mol. The van der Waals surface area contributed by atoms with Gasteiger partial charge in [0.1, 0.15) is 0 Å². The predicted octanol–water partition coefficient (Wildman–Crippen LogP) is 2.71. The number of nitrogens with one attached hydrogen (secondary N) is 1. The van der Waals surface area contributed by atoms with Gasteiger partial charge in [-0.15, -0.1) is 0 Å². The number of carbonyl (C=O) groups is 2. The first-order valence-electron chi connectivity index (χ1n) is 6.76. The Morgan fingerprint density at radius 3 is 1.72 bits per heavy atom. The Labute approximate surface area is 113 Å². The molecule has 3 N–H and O–H groups in total. The van der Waals surface area contributed by atoms with E-state index in [0.717, 1.165) is 0 Å². The number of amides is 2. The van der Waals surface area contributed by atoms with Crippen LogP contribution >= 0.6 is 0 Å². The van der Waals surface area contributed by atoms with Crippen molar-refractivity contribution in [3.05, 3.63) is 0 Å². The van der Waals surface area contributed by atoms with E-state index in [-0.39, 0.29) is 23.7 Å². The van der Waals surface area contributed by atoms with Crippen molar-refractivity contribution in [1.82, 2.24) is 5.32 Å². The van der Waals surface area contributed by atoms with Crippen molar-refractivity contribution >= 4 is 11.8 Å². The van der Waals surface area contributed by atoms with Crippen LogP contribution in [0, 0.1) is 11.3 Å². The highest BCUT2D eigenvalue weighted by Crippen LogP contribution is 2.26. The van der Waals surface area contributed by atoms with Gasteiger partial charge in [0, 0.05) is 19.4 Å². The number of hydrogen-bond acceptors (Lipinski definition) is 2. The Kier molecular flexibility index (Phi) is 15.3. The Bertz CT molecular complexity index is 220. The minimum atomic E-state index is -0.428. The van der Waals surface area contributed by atoms with E-state index in [4.69, 9.17) is 5.73 Å². The smallest absolute Gasteiger partial charge is 0.223 e. The summed E-state index contributed by atoms with van der Waals surface area (Å²) in [6.07, 6.45) is 0.784. The zero-order chi connectivity index (χ0) is 15.4. The molecule has 0 saturated carbocycles. The van der Waals surface area contributed by atoms with Gasteiger partial charge in [0.25, 0.3) is 0 Å². The van der Waals surface area contributed by atoms with Crippen LogP contribution in [0.15, 0.2) is 0 Å². The van der Waals surface area contributed by atoms with E-state index in [1.807, 2.05) is 48.5 Å². The van der Waals surface area contributed by atoms with Gasteiger partial charge >= 0.3 is 0 Å². The summed E-state index contributed by atoms with van der Waals surface area (Å²) < 4.78 is 0. The van der Waals surface area contributed by atoms with E-state index in [1.165, 1.54) is 0 Å². The maximum absolute atomic E-state index is 11.4. The fraction of sp³-hybridized carbons (Fsp3) is 0.857. The summed E-state index contributed by atoms with van der Waals surface area (Å²) in [5.74, 6) is -0.848. The molecule has 0 heterocycles. The van der Waals surface area contributed by atoms with Gasteiger partial charge in [-0.3, -0.25) is 9.59 Å². The number of rotatable bonds is 4. The van der Waals surface area contributed by atoms with Crippen LogP contribution in [-0.2, 0) is 9.59 Å². The molecular weight excluding hydrogens is 228 g/mol. The summed E-state index contributed by atoms with van der Waals surface area (Å²) in [7, 11) is 1.57. The second-order valence-electron chi connectivity index (χ2n) is 4.75. The largest absolute Gasteiger partial charge is 0.370 e. The average Bonchev–Trinajstić information content (AvgIpc) is 2.30. The molecule has 0 aromatic rings. The minimum absolute atomic E-state index is 0.0205. The van der Waals surface area contributed by atoms with Gasteiger partial charge in [0.2, 0.25) is 11.8 Å². The van der Waals surface area contributed by atoms with Crippen molar-refractivity contribution in [3.8, 4) is 0 Å². The molecule has 110 valence electrons. The molecule has 0 aromatic heterocycles. The third kappa shape index (κ3) is 14.9. The fourth-order valence-electron chi connectivity index (χ4n) is 1.44. The fourth-order valence-corrected chi connectivity index (χ4v) is 1.44. The van der Waals surface area contributed by atoms with Gasteiger partial charge in [0.15, 0.2) is 0 Å². The molecular formula is C14H32N2O2. The van der Waals surface area contributed by atoms with Gasteiger partial charge in [-0.2, -0.15) is 0 Å². The second kappa shape index (κ2) is 12.4. The van der Waals surface area contributed by atoms with Crippen LogP contribution in [0.4, 0.5) is 0 Å². The third-order valence-electron chi connectivity index (χ3n) is 1.92. The SMILES string of the molecule is CC.CC.CNC(=O)C(CC(N)=O)CC(C)(C)C. The van der Waals surface area contributed by atoms with Crippen LogP contribution in [0.2, 0.25) is 0 Å². The summed E-state index contributed by atoms with van der Waals surface area (Å²) in [5, 5.41) is 2.55. The summed E-state index contributed by atoms with van der Waals surface area (Å²) in [5.41, 5.74) is 5.11. The molecule has 0 aliphatic carbocycles. The van der Waals surface area contributed by atoms with Crippen molar-refractivity contribution in [2.24, 2.45) is 17.1 Å². The number of primary amides is 1. The molecule has 0 aliphatic rings. The van der Waals surface area contributed by atoms with Crippen LogP contribution in [0.3, 0.4) is 0 Å². The number of carbonyl (C=O) groups excluding carboxylic acids is 2. The first-order chi connectivity index (χ1) is 8.26.